The van der Waals surface area contributed by atoms with Gasteiger partial charge in [-0.2, -0.15) is 8.75 Å². The molecule has 1 aliphatic heterocycles. The molecule has 0 saturated carbocycles. The summed E-state index contributed by atoms with van der Waals surface area (Å²) in [5, 5.41) is 0. The number of aromatic nitrogens is 2. The average Bonchev–Trinajstić information content (AvgIpc) is 2.64. The van der Waals surface area contributed by atoms with E-state index in [1.165, 1.54) is 17.3 Å². The zero-order chi connectivity index (χ0) is 7.97. The molecule has 2 heterocycles. The van der Waals surface area contributed by atoms with Crippen molar-refractivity contribution < 1.29 is 0 Å². The smallest absolute Gasteiger partial charge is 0.106 e. The predicted molar refractivity (Wildman–Crippen MR) is 49.3 cm³/mol. The van der Waals surface area contributed by atoms with E-state index in [0.717, 1.165) is 23.1 Å². The molecule has 1 aromatic heterocycles. The molecule has 3 rings (SSSR count). The maximum absolute atomic E-state index is 4.24. The van der Waals surface area contributed by atoms with E-state index in [1.807, 2.05) is 12.3 Å². The lowest BCUT2D eigenvalue weighted by Gasteiger charge is -1.94. The Hall–Kier alpha value is -1.29. The van der Waals surface area contributed by atoms with Crippen molar-refractivity contribution >= 4 is 34.7 Å². The molecule has 2 aromatic rings. The first kappa shape index (κ1) is 6.25. The number of rotatable bonds is 0. The summed E-state index contributed by atoms with van der Waals surface area (Å²) in [6.07, 6.45) is 2.86. The summed E-state index contributed by atoms with van der Waals surface area (Å²) in [7, 11) is 0. The summed E-state index contributed by atoms with van der Waals surface area (Å²) in [6, 6.07) is 4.07. The van der Waals surface area contributed by atoms with Crippen LogP contribution >= 0.6 is 11.7 Å². The van der Waals surface area contributed by atoms with E-state index in [9.17, 15) is 0 Å². The number of benzene rings is 1. The van der Waals surface area contributed by atoms with Crippen LogP contribution in [-0.4, -0.2) is 15.0 Å². The van der Waals surface area contributed by atoms with Crippen LogP contribution in [0, 0.1) is 0 Å². The number of aliphatic imine (C=N–C) groups is 1. The zero-order valence-electron chi connectivity index (χ0n) is 6.19. The van der Waals surface area contributed by atoms with Gasteiger partial charge in [-0.15, -0.1) is 0 Å². The normalized spacial score (nSPS) is 14.0. The van der Waals surface area contributed by atoms with Crippen LogP contribution in [0.15, 0.2) is 17.1 Å². The Labute approximate surface area is 73.1 Å². The second-order valence-electron chi connectivity index (χ2n) is 2.75. The Kier molecular flexibility index (Phi) is 1.10. The molecule has 0 spiro atoms. The summed E-state index contributed by atoms with van der Waals surface area (Å²) in [6.45, 7) is 0. The van der Waals surface area contributed by atoms with Crippen LogP contribution in [0.4, 0.5) is 5.69 Å². The number of hydrogen-bond acceptors (Lipinski definition) is 4. The molecular weight excluding hydrogens is 170 g/mol. The maximum Gasteiger partial charge on any atom is 0.106 e. The summed E-state index contributed by atoms with van der Waals surface area (Å²) >= 11 is 1.25. The van der Waals surface area contributed by atoms with Crippen molar-refractivity contribution in [2.24, 2.45) is 4.99 Å². The second-order valence-corrected chi connectivity index (χ2v) is 3.28. The number of hydrogen-bond donors (Lipinski definition) is 0. The minimum Gasteiger partial charge on any atom is -0.261 e. The fourth-order valence-corrected chi connectivity index (χ4v) is 1.90. The highest BCUT2D eigenvalue weighted by Crippen LogP contribution is 2.28. The standard InChI is InChI=1S/C8H5N3S/c1-2-9-6-4-8-7(3-5(1)6)10-12-11-8/h2-4H,1H2. The van der Waals surface area contributed by atoms with Gasteiger partial charge in [0.05, 0.1) is 17.4 Å². The molecule has 3 nitrogen and oxygen atoms in total. The van der Waals surface area contributed by atoms with Crippen LogP contribution in [0.3, 0.4) is 0 Å². The van der Waals surface area contributed by atoms with Crippen LogP contribution in [0.2, 0.25) is 0 Å². The minimum atomic E-state index is 0.933. The quantitative estimate of drug-likeness (QED) is 0.613. The fraction of sp³-hybridized carbons (Fsp3) is 0.125. The first-order valence-electron chi connectivity index (χ1n) is 3.71. The van der Waals surface area contributed by atoms with Gasteiger partial charge in [0.2, 0.25) is 0 Å². The van der Waals surface area contributed by atoms with Crippen molar-refractivity contribution in [3.63, 3.8) is 0 Å². The van der Waals surface area contributed by atoms with Crippen LogP contribution in [0.25, 0.3) is 11.0 Å². The molecule has 1 aromatic carbocycles. The molecule has 0 N–H and O–H groups in total. The Balaban J connectivity index is 2.43. The highest BCUT2D eigenvalue weighted by molar-refractivity contribution is 7.00. The minimum absolute atomic E-state index is 0.933. The SMILES string of the molecule is C1=Nc2cc3nsnc3cc2C1. The molecule has 0 radical (unpaired) electrons. The summed E-state index contributed by atoms with van der Waals surface area (Å²) in [5.41, 5.74) is 4.26. The Morgan fingerprint density at radius 2 is 2.00 bits per heavy atom. The molecule has 0 amide bonds. The van der Waals surface area contributed by atoms with Gasteiger partial charge in [0.1, 0.15) is 11.0 Å². The van der Waals surface area contributed by atoms with E-state index in [0.29, 0.717) is 0 Å². The van der Waals surface area contributed by atoms with Gasteiger partial charge < -0.3 is 0 Å². The zero-order valence-corrected chi connectivity index (χ0v) is 7.01. The third-order valence-electron chi connectivity index (χ3n) is 2.00. The lowest BCUT2D eigenvalue weighted by Crippen LogP contribution is -1.78. The van der Waals surface area contributed by atoms with Crippen molar-refractivity contribution in [1.82, 2.24) is 8.75 Å². The van der Waals surface area contributed by atoms with Crippen LogP contribution in [0.1, 0.15) is 5.56 Å². The molecule has 58 valence electrons. The Morgan fingerprint density at radius 1 is 1.17 bits per heavy atom. The molecule has 0 atom stereocenters. The van der Waals surface area contributed by atoms with Gasteiger partial charge in [-0.1, -0.05) is 0 Å². The van der Waals surface area contributed by atoms with Gasteiger partial charge in [0, 0.05) is 12.6 Å². The van der Waals surface area contributed by atoms with E-state index in [4.69, 9.17) is 0 Å². The summed E-state index contributed by atoms with van der Waals surface area (Å²) in [5.74, 6) is 0. The molecule has 0 bridgehead atoms. The van der Waals surface area contributed by atoms with E-state index < -0.39 is 0 Å². The van der Waals surface area contributed by atoms with Crippen LogP contribution in [0.5, 0.6) is 0 Å². The highest BCUT2D eigenvalue weighted by Gasteiger charge is 2.09. The lowest BCUT2D eigenvalue weighted by molar-refractivity contribution is 1.42. The summed E-state index contributed by atoms with van der Waals surface area (Å²) < 4.78 is 8.32. The molecule has 0 saturated heterocycles. The van der Waals surface area contributed by atoms with Crippen molar-refractivity contribution in [1.29, 1.82) is 0 Å². The van der Waals surface area contributed by atoms with Gasteiger partial charge in [-0.05, 0) is 17.7 Å². The monoisotopic (exact) mass is 175 g/mol. The Bertz CT molecular complexity index is 472. The van der Waals surface area contributed by atoms with Crippen molar-refractivity contribution in [3.05, 3.63) is 17.7 Å². The Morgan fingerprint density at radius 3 is 2.92 bits per heavy atom. The largest absolute Gasteiger partial charge is 0.261 e. The molecule has 4 heteroatoms. The van der Waals surface area contributed by atoms with Crippen LogP contribution in [-0.2, 0) is 6.42 Å². The van der Waals surface area contributed by atoms with E-state index in [1.54, 1.807) is 0 Å². The fourth-order valence-electron chi connectivity index (χ4n) is 1.39. The molecular formula is C8H5N3S. The highest BCUT2D eigenvalue weighted by atomic mass is 32.1. The van der Waals surface area contributed by atoms with Crippen molar-refractivity contribution in [2.45, 2.75) is 6.42 Å². The lowest BCUT2D eigenvalue weighted by atomic mass is 10.1. The third kappa shape index (κ3) is 0.726. The van der Waals surface area contributed by atoms with Gasteiger partial charge in [-0.25, -0.2) is 0 Å². The van der Waals surface area contributed by atoms with Gasteiger partial charge in [0.25, 0.3) is 0 Å². The van der Waals surface area contributed by atoms with Crippen molar-refractivity contribution in [2.75, 3.05) is 0 Å². The van der Waals surface area contributed by atoms with E-state index in [2.05, 4.69) is 19.8 Å². The molecule has 1 aliphatic rings. The molecule has 0 aliphatic carbocycles. The first-order valence-corrected chi connectivity index (χ1v) is 4.44. The van der Waals surface area contributed by atoms with Crippen LogP contribution < -0.4 is 0 Å². The predicted octanol–water partition coefficient (Wildman–Crippen LogP) is 1.95. The summed E-state index contributed by atoms with van der Waals surface area (Å²) in [4.78, 5) is 4.24. The molecule has 12 heavy (non-hydrogen) atoms. The topological polar surface area (TPSA) is 38.1 Å². The second kappa shape index (κ2) is 2.10. The maximum atomic E-state index is 4.24. The van der Waals surface area contributed by atoms with Gasteiger partial charge in [0.15, 0.2) is 0 Å². The van der Waals surface area contributed by atoms with E-state index >= 15 is 0 Å². The molecule has 0 fully saturated rings. The first-order chi connectivity index (χ1) is 5.93. The van der Waals surface area contributed by atoms with Crippen molar-refractivity contribution in [3.8, 4) is 0 Å². The van der Waals surface area contributed by atoms with Gasteiger partial charge >= 0.3 is 0 Å². The third-order valence-corrected chi connectivity index (χ3v) is 2.55. The van der Waals surface area contributed by atoms with Gasteiger partial charge in [-0.3, -0.25) is 4.99 Å². The molecule has 0 unspecified atom stereocenters. The average molecular weight is 175 g/mol. The number of fused-ring (bicyclic) bond motifs is 2. The van der Waals surface area contributed by atoms with E-state index in [-0.39, 0.29) is 0 Å². The number of nitrogens with zero attached hydrogens (tertiary/aromatic N) is 3.